The van der Waals surface area contributed by atoms with Crippen LogP contribution in [0.1, 0.15) is 42.9 Å². The lowest BCUT2D eigenvalue weighted by Crippen LogP contribution is -2.43. The summed E-state index contributed by atoms with van der Waals surface area (Å²) in [6.07, 6.45) is 1.24. The van der Waals surface area contributed by atoms with E-state index in [4.69, 9.17) is 0 Å². The van der Waals surface area contributed by atoms with Crippen LogP contribution in [-0.4, -0.2) is 40.5 Å². The summed E-state index contributed by atoms with van der Waals surface area (Å²) >= 11 is 1.19. The molecule has 13 heteroatoms. The van der Waals surface area contributed by atoms with Gasteiger partial charge in [0.1, 0.15) is 16.5 Å². The maximum absolute atomic E-state index is 14.8. The first-order valence-electron chi connectivity index (χ1n) is 13.5. The number of amides is 2. The average Bonchev–Trinajstić information content (AvgIpc) is 3.33. The van der Waals surface area contributed by atoms with Crippen molar-refractivity contribution in [1.29, 1.82) is 0 Å². The lowest BCUT2D eigenvalue weighted by Gasteiger charge is -2.27. The maximum atomic E-state index is 14.8. The summed E-state index contributed by atoms with van der Waals surface area (Å²) in [5.74, 6) is -1.58. The standard InChI is InChI=1S/C29H31F2N5O5S/c1-32-14-20-24-26(38)36(18-10-12-19(37)13-11-18)29(40)35(15-21-22(30)4-3-5-23(21)31)27(24)42-25(20)16-6-8-17(9-7-16)33-28(39)34-41-2/h3-9,18-19,32,37H,10-15H2,1-2H3,(H2,33,34,39). The number of carbonyl (C=O) groups excluding carboxylic acids is 1. The molecular formula is C29H31F2N5O5S. The first kappa shape index (κ1) is 29.6. The van der Waals surface area contributed by atoms with E-state index in [1.165, 1.54) is 33.6 Å². The van der Waals surface area contributed by atoms with E-state index in [-0.39, 0.29) is 12.1 Å². The number of rotatable bonds is 8. The van der Waals surface area contributed by atoms with Crippen molar-refractivity contribution in [2.45, 2.75) is 50.9 Å². The van der Waals surface area contributed by atoms with Crippen LogP contribution in [0.2, 0.25) is 0 Å². The summed E-state index contributed by atoms with van der Waals surface area (Å²) in [5.41, 5.74) is 2.64. The van der Waals surface area contributed by atoms with Gasteiger partial charge in [0, 0.05) is 28.7 Å². The van der Waals surface area contributed by atoms with E-state index in [0.717, 1.165) is 17.7 Å². The number of anilines is 1. The average molecular weight is 600 g/mol. The van der Waals surface area contributed by atoms with Crippen LogP contribution in [0.5, 0.6) is 0 Å². The molecule has 222 valence electrons. The van der Waals surface area contributed by atoms with Crippen LogP contribution in [0.15, 0.2) is 52.1 Å². The largest absolute Gasteiger partial charge is 0.393 e. The number of nitrogens with zero attached hydrogens (tertiary/aromatic N) is 2. The summed E-state index contributed by atoms with van der Waals surface area (Å²) < 4.78 is 32.1. The van der Waals surface area contributed by atoms with Crippen LogP contribution in [0.3, 0.4) is 0 Å². The predicted octanol–water partition coefficient (Wildman–Crippen LogP) is 4.10. The molecule has 10 nitrogen and oxygen atoms in total. The van der Waals surface area contributed by atoms with Gasteiger partial charge >= 0.3 is 11.7 Å². The highest BCUT2D eigenvalue weighted by atomic mass is 32.1. The Kier molecular flexibility index (Phi) is 8.82. The van der Waals surface area contributed by atoms with Crippen LogP contribution in [0, 0.1) is 11.6 Å². The fraction of sp³-hybridized carbons (Fsp3) is 0.345. The zero-order valence-electron chi connectivity index (χ0n) is 23.1. The van der Waals surface area contributed by atoms with Crippen molar-refractivity contribution in [2.24, 2.45) is 0 Å². The molecule has 2 aromatic heterocycles. The van der Waals surface area contributed by atoms with Crippen LogP contribution < -0.4 is 27.4 Å². The topological polar surface area (TPSA) is 127 Å². The number of hydroxylamine groups is 1. The smallest absolute Gasteiger partial charge is 0.343 e. The van der Waals surface area contributed by atoms with Crippen molar-refractivity contribution in [3.05, 3.63) is 86.1 Å². The Hall–Kier alpha value is -3.91. The van der Waals surface area contributed by atoms with Gasteiger partial charge in [-0.15, -0.1) is 11.3 Å². The maximum Gasteiger partial charge on any atom is 0.343 e. The van der Waals surface area contributed by atoms with Gasteiger partial charge in [-0.05, 0) is 68.1 Å². The number of carbonyl (C=O) groups is 1. The minimum absolute atomic E-state index is 0.278. The molecule has 1 aliphatic carbocycles. The first-order chi connectivity index (χ1) is 20.2. The molecule has 2 amide bonds. The van der Waals surface area contributed by atoms with Crippen LogP contribution >= 0.6 is 11.3 Å². The Labute approximate surface area is 243 Å². The van der Waals surface area contributed by atoms with Crippen molar-refractivity contribution < 1.29 is 23.5 Å². The molecule has 2 aromatic carbocycles. The Bertz CT molecular complexity index is 1710. The van der Waals surface area contributed by atoms with Gasteiger partial charge in [-0.1, -0.05) is 18.2 Å². The predicted molar refractivity (Wildman–Crippen MR) is 157 cm³/mol. The van der Waals surface area contributed by atoms with Crippen LogP contribution in [-0.2, 0) is 17.9 Å². The van der Waals surface area contributed by atoms with Crippen molar-refractivity contribution in [1.82, 2.24) is 19.9 Å². The lowest BCUT2D eigenvalue weighted by molar-refractivity contribution is 0.108. The van der Waals surface area contributed by atoms with Gasteiger partial charge in [0.05, 0.1) is 25.1 Å². The summed E-state index contributed by atoms with van der Waals surface area (Å²) in [7, 11) is 3.06. The van der Waals surface area contributed by atoms with Crippen molar-refractivity contribution in [3.8, 4) is 10.4 Å². The highest BCUT2D eigenvalue weighted by Gasteiger charge is 2.29. The number of hydrogen-bond donors (Lipinski definition) is 4. The number of urea groups is 1. The second-order valence-electron chi connectivity index (χ2n) is 10.2. The third kappa shape index (κ3) is 5.73. The van der Waals surface area contributed by atoms with E-state index in [2.05, 4.69) is 21.0 Å². The molecule has 4 N–H and O–H groups in total. The molecule has 0 spiro atoms. The molecule has 0 aliphatic heterocycles. The number of halogens is 2. The van der Waals surface area contributed by atoms with E-state index >= 15 is 0 Å². The second-order valence-corrected chi connectivity index (χ2v) is 11.2. The van der Waals surface area contributed by atoms with Crippen LogP contribution in [0.4, 0.5) is 19.3 Å². The molecular weight excluding hydrogens is 568 g/mol. The first-order valence-corrected chi connectivity index (χ1v) is 14.3. The van der Waals surface area contributed by atoms with Crippen molar-refractivity contribution in [3.63, 3.8) is 0 Å². The fourth-order valence-electron chi connectivity index (χ4n) is 5.44. The number of nitrogens with one attached hydrogen (secondary N) is 3. The fourth-order valence-corrected chi connectivity index (χ4v) is 6.75. The second kappa shape index (κ2) is 12.5. The number of thiophene rings is 1. The van der Waals surface area contributed by atoms with Gasteiger partial charge in [-0.25, -0.2) is 23.9 Å². The van der Waals surface area contributed by atoms with E-state index in [9.17, 15) is 28.3 Å². The Morgan fingerprint density at radius 3 is 2.33 bits per heavy atom. The van der Waals surface area contributed by atoms with E-state index in [1.54, 1.807) is 31.3 Å². The number of aliphatic hydroxyl groups is 1. The van der Waals surface area contributed by atoms with Crippen molar-refractivity contribution >= 4 is 33.3 Å². The van der Waals surface area contributed by atoms with Gasteiger partial charge in [0.2, 0.25) is 0 Å². The Morgan fingerprint density at radius 1 is 1.05 bits per heavy atom. The molecule has 2 heterocycles. The number of benzene rings is 2. The van der Waals surface area contributed by atoms with Crippen LogP contribution in [0.25, 0.3) is 20.7 Å². The Morgan fingerprint density at radius 2 is 1.71 bits per heavy atom. The summed E-state index contributed by atoms with van der Waals surface area (Å²) in [6, 6.07) is 9.43. The van der Waals surface area contributed by atoms with E-state index < -0.39 is 47.6 Å². The van der Waals surface area contributed by atoms with E-state index in [0.29, 0.717) is 52.0 Å². The number of aromatic nitrogens is 2. The quantitative estimate of drug-likeness (QED) is 0.226. The molecule has 4 aromatic rings. The molecule has 42 heavy (non-hydrogen) atoms. The molecule has 1 saturated carbocycles. The molecule has 0 saturated heterocycles. The molecule has 0 unspecified atom stereocenters. The van der Waals surface area contributed by atoms with Gasteiger partial charge in [-0.2, -0.15) is 0 Å². The zero-order chi connectivity index (χ0) is 30.0. The third-order valence-corrected chi connectivity index (χ3v) is 8.77. The molecule has 1 fully saturated rings. The number of hydrogen-bond acceptors (Lipinski definition) is 7. The summed E-state index contributed by atoms with van der Waals surface area (Å²) in [4.78, 5) is 45.5. The Balaban J connectivity index is 1.72. The summed E-state index contributed by atoms with van der Waals surface area (Å²) in [5, 5.41) is 16.1. The minimum atomic E-state index is -0.790. The molecule has 0 radical (unpaired) electrons. The highest BCUT2D eigenvalue weighted by Crippen LogP contribution is 2.38. The monoisotopic (exact) mass is 599 g/mol. The van der Waals surface area contributed by atoms with Gasteiger partial charge < -0.3 is 15.7 Å². The van der Waals surface area contributed by atoms with Gasteiger partial charge in [-0.3, -0.25) is 18.8 Å². The van der Waals surface area contributed by atoms with E-state index in [1.807, 2.05) is 0 Å². The summed E-state index contributed by atoms with van der Waals surface area (Å²) in [6.45, 7) is -0.115. The number of aliphatic hydroxyl groups excluding tert-OH is 1. The third-order valence-electron chi connectivity index (χ3n) is 7.47. The zero-order valence-corrected chi connectivity index (χ0v) is 23.9. The number of fused-ring (bicyclic) bond motifs is 1. The van der Waals surface area contributed by atoms with Crippen molar-refractivity contribution in [2.75, 3.05) is 19.5 Å². The molecule has 0 atom stereocenters. The normalized spacial score (nSPS) is 17.0. The molecule has 5 rings (SSSR count). The van der Waals surface area contributed by atoms with Gasteiger partial charge in [0.15, 0.2) is 0 Å². The molecule has 0 bridgehead atoms. The molecule has 1 aliphatic rings. The lowest BCUT2D eigenvalue weighted by atomic mass is 9.93. The SMILES string of the molecule is CNCc1c(-c2ccc(NC(=O)NOC)cc2)sc2c1c(=O)n(C1CCC(O)CC1)c(=O)n2Cc1c(F)cccc1F. The van der Waals surface area contributed by atoms with Gasteiger partial charge in [0.25, 0.3) is 5.56 Å². The highest BCUT2D eigenvalue weighted by molar-refractivity contribution is 7.22. The minimum Gasteiger partial charge on any atom is -0.393 e.